The van der Waals surface area contributed by atoms with Crippen molar-refractivity contribution in [2.75, 3.05) is 31.2 Å². The number of ether oxygens (including phenoxy) is 1. The lowest BCUT2D eigenvalue weighted by Crippen LogP contribution is -2.26. The summed E-state index contributed by atoms with van der Waals surface area (Å²) < 4.78 is 4.70. The average Bonchev–Trinajstić information content (AvgIpc) is 2.45. The summed E-state index contributed by atoms with van der Waals surface area (Å²) in [6.07, 6.45) is 1.16. The van der Waals surface area contributed by atoms with E-state index in [1.807, 2.05) is 6.92 Å². The second kappa shape index (κ2) is 8.36. The van der Waals surface area contributed by atoms with E-state index >= 15 is 0 Å². The lowest BCUT2D eigenvalue weighted by Gasteiger charge is -2.13. The smallest absolute Gasteiger partial charge is 0.340 e. The molecule has 6 nitrogen and oxygen atoms in total. The SMILES string of the molecule is CCCNC(=O)CCNc1c(Cl)cc(N)cc1C(=O)OC. The number of hydrogen-bond acceptors (Lipinski definition) is 5. The number of carbonyl (C=O) groups is 2. The third kappa shape index (κ3) is 5.15. The van der Waals surface area contributed by atoms with E-state index in [-0.39, 0.29) is 17.9 Å². The van der Waals surface area contributed by atoms with Crippen molar-refractivity contribution in [2.45, 2.75) is 19.8 Å². The van der Waals surface area contributed by atoms with Crippen LogP contribution in [-0.4, -0.2) is 32.1 Å². The molecule has 116 valence electrons. The topological polar surface area (TPSA) is 93.5 Å². The summed E-state index contributed by atoms with van der Waals surface area (Å²) in [6.45, 7) is 2.98. The van der Waals surface area contributed by atoms with Gasteiger partial charge in [-0.25, -0.2) is 4.79 Å². The molecule has 0 saturated carbocycles. The zero-order chi connectivity index (χ0) is 15.8. The summed E-state index contributed by atoms with van der Waals surface area (Å²) >= 11 is 6.08. The van der Waals surface area contributed by atoms with Gasteiger partial charge < -0.3 is 21.1 Å². The standard InChI is InChI=1S/C14H20ClN3O3/c1-3-5-17-12(19)4-6-18-13-10(14(20)21-2)7-9(16)8-11(13)15/h7-8,18H,3-6,16H2,1-2H3,(H,17,19). The molecule has 1 rings (SSSR count). The minimum atomic E-state index is -0.540. The molecule has 0 aliphatic heterocycles. The molecule has 0 atom stereocenters. The number of halogens is 1. The van der Waals surface area contributed by atoms with Gasteiger partial charge in [0.05, 0.1) is 23.4 Å². The van der Waals surface area contributed by atoms with Gasteiger partial charge in [0.1, 0.15) is 0 Å². The van der Waals surface area contributed by atoms with Crippen LogP contribution in [0.25, 0.3) is 0 Å². The molecule has 0 aliphatic carbocycles. The normalized spacial score (nSPS) is 10.0. The quantitative estimate of drug-likeness (QED) is 0.529. The molecule has 1 amide bonds. The average molecular weight is 314 g/mol. The van der Waals surface area contributed by atoms with Crippen molar-refractivity contribution in [1.82, 2.24) is 5.32 Å². The van der Waals surface area contributed by atoms with E-state index < -0.39 is 5.97 Å². The summed E-state index contributed by atoms with van der Waals surface area (Å²) in [5, 5.41) is 6.06. The van der Waals surface area contributed by atoms with E-state index in [1.165, 1.54) is 19.2 Å². The Morgan fingerprint density at radius 2 is 2.05 bits per heavy atom. The molecule has 0 aromatic heterocycles. The molecule has 0 unspecified atom stereocenters. The van der Waals surface area contributed by atoms with Crippen molar-refractivity contribution in [1.29, 1.82) is 0 Å². The fourth-order valence-electron chi connectivity index (χ4n) is 1.73. The van der Waals surface area contributed by atoms with Crippen LogP contribution in [0.2, 0.25) is 5.02 Å². The van der Waals surface area contributed by atoms with Crippen molar-refractivity contribution in [3.63, 3.8) is 0 Å². The van der Waals surface area contributed by atoms with Crippen LogP contribution in [0.4, 0.5) is 11.4 Å². The first kappa shape index (κ1) is 17.1. The van der Waals surface area contributed by atoms with Gasteiger partial charge in [-0.2, -0.15) is 0 Å². The highest BCUT2D eigenvalue weighted by atomic mass is 35.5. The minimum absolute atomic E-state index is 0.0597. The van der Waals surface area contributed by atoms with Crippen molar-refractivity contribution < 1.29 is 14.3 Å². The summed E-state index contributed by atoms with van der Waals surface area (Å²) in [5.41, 5.74) is 6.70. The molecule has 0 aliphatic rings. The van der Waals surface area contributed by atoms with Gasteiger partial charge in [-0.05, 0) is 18.6 Å². The third-order valence-corrected chi connectivity index (χ3v) is 3.04. The maximum atomic E-state index is 11.7. The maximum absolute atomic E-state index is 11.7. The summed E-state index contributed by atoms with van der Waals surface area (Å²) in [5.74, 6) is -0.599. The Balaban J connectivity index is 2.74. The molecule has 21 heavy (non-hydrogen) atoms. The molecular formula is C14H20ClN3O3. The van der Waals surface area contributed by atoms with E-state index in [1.54, 1.807) is 0 Å². The molecule has 1 aromatic carbocycles. The Labute approximate surface area is 129 Å². The van der Waals surface area contributed by atoms with Gasteiger partial charge in [0.15, 0.2) is 0 Å². The number of carbonyl (C=O) groups excluding carboxylic acids is 2. The Morgan fingerprint density at radius 3 is 2.67 bits per heavy atom. The van der Waals surface area contributed by atoms with Crippen molar-refractivity contribution in [3.8, 4) is 0 Å². The number of benzene rings is 1. The molecule has 7 heteroatoms. The van der Waals surface area contributed by atoms with Crippen LogP contribution in [0, 0.1) is 0 Å². The summed E-state index contributed by atoms with van der Waals surface area (Å²) in [7, 11) is 1.28. The van der Waals surface area contributed by atoms with E-state index in [2.05, 4.69) is 10.6 Å². The van der Waals surface area contributed by atoms with Gasteiger partial charge in [-0.1, -0.05) is 18.5 Å². The molecule has 0 saturated heterocycles. The molecule has 4 N–H and O–H groups in total. The first-order valence-corrected chi connectivity index (χ1v) is 7.05. The number of anilines is 2. The second-order valence-electron chi connectivity index (χ2n) is 4.44. The number of nitrogens with one attached hydrogen (secondary N) is 2. The second-order valence-corrected chi connectivity index (χ2v) is 4.85. The van der Waals surface area contributed by atoms with Crippen LogP contribution in [0.1, 0.15) is 30.1 Å². The van der Waals surface area contributed by atoms with E-state index in [0.717, 1.165) is 6.42 Å². The van der Waals surface area contributed by atoms with Gasteiger partial charge in [0.2, 0.25) is 5.91 Å². The Morgan fingerprint density at radius 1 is 1.33 bits per heavy atom. The third-order valence-electron chi connectivity index (χ3n) is 2.74. The summed E-state index contributed by atoms with van der Waals surface area (Å²) in [6, 6.07) is 3.02. The van der Waals surface area contributed by atoms with Gasteiger partial charge in [-0.15, -0.1) is 0 Å². The van der Waals surface area contributed by atoms with E-state index in [4.69, 9.17) is 22.1 Å². The zero-order valence-electron chi connectivity index (χ0n) is 12.2. The highest BCUT2D eigenvalue weighted by Gasteiger charge is 2.16. The van der Waals surface area contributed by atoms with Crippen LogP contribution in [0.3, 0.4) is 0 Å². The minimum Gasteiger partial charge on any atom is -0.465 e. The monoisotopic (exact) mass is 313 g/mol. The maximum Gasteiger partial charge on any atom is 0.340 e. The highest BCUT2D eigenvalue weighted by Crippen LogP contribution is 2.29. The first-order chi connectivity index (χ1) is 9.99. The number of rotatable bonds is 7. The first-order valence-electron chi connectivity index (χ1n) is 6.67. The lowest BCUT2D eigenvalue weighted by atomic mass is 10.1. The van der Waals surface area contributed by atoms with E-state index in [9.17, 15) is 9.59 Å². The highest BCUT2D eigenvalue weighted by molar-refractivity contribution is 6.34. The Kier molecular flexibility index (Phi) is 6.81. The number of nitrogens with two attached hydrogens (primary N) is 1. The molecular weight excluding hydrogens is 294 g/mol. The van der Waals surface area contributed by atoms with Crippen molar-refractivity contribution >= 4 is 34.9 Å². The summed E-state index contributed by atoms with van der Waals surface area (Å²) in [4.78, 5) is 23.2. The van der Waals surface area contributed by atoms with Crippen LogP contribution in [0.15, 0.2) is 12.1 Å². The fourth-order valence-corrected chi connectivity index (χ4v) is 2.03. The van der Waals surface area contributed by atoms with Crippen LogP contribution < -0.4 is 16.4 Å². The predicted octanol–water partition coefficient (Wildman–Crippen LogP) is 2.04. The molecule has 0 bridgehead atoms. The van der Waals surface area contributed by atoms with Crippen LogP contribution >= 0.6 is 11.6 Å². The van der Waals surface area contributed by atoms with Gasteiger partial charge >= 0.3 is 5.97 Å². The zero-order valence-corrected chi connectivity index (χ0v) is 12.9. The van der Waals surface area contributed by atoms with E-state index in [0.29, 0.717) is 29.5 Å². The van der Waals surface area contributed by atoms with Crippen molar-refractivity contribution in [3.05, 3.63) is 22.7 Å². The predicted molar refractivity (Wildman–Crippen MR) is 83.6 cm³/mol. The van der Waals surface area contributed by atoms with Gasteiger partial charge in [0.25, 0.3) is 0 Å². The fraction of sp³-hybridized carbons (Fsp3) is 0.429. The molecule has 0 heterocycles. The van der Waals surface area contributed by atoms with Crippen LogP contribution in [-0.2, 0) is 9.53 Å². The number of hydrogen-bond donors (Lipinski definition) is 3. The van der Waals surface area contributed by atoms with Gasteiger partial charge in [0, 0.05) is 25.2 Å². The van der Waals surface area contributed by atoms with Crippen molar-refractivity contribution in [2.24, 2.45) is 0 Å². The molecule has 1 aromatic rings. The Hall–Kier alpha value is -1.95. The molecule has 0 radical (unpaired) electrons. The Bertz CT molecular complexity index is 520. The molecule has 0 spiro atoms. The largest absolute Gasteiger partial charge is 0.465 e. The number of nitrogen functional groups attached to an aromatic ring is 1. The van der Waals surface area contributed by atoms with Crippen LogP contribution in [0.5, 0.6) is 0 Å². The molecule has 0 fully saturated rings. The number of methoxy groups -OCH3 is 1. The lowest BCUT2D eigenvalue weighted by molar-refractivity contribution is -0.120. The number of amides is 1. The van der Waals surface area contributed by atoms with Gasteiger partial charge in [-0.3, -0.25) is 4.79 Å². The number of esters is 1.